The number of hydrogen-bond donors (Lipinski definition) is 1. The van der Waals surface area contributed by atoms with Crippen LogP contribution in [0.15, 0.2) is 64.0 Å². The monoisotopic (exact) mass is 448 g/mol. The normalized spacial score (nSPS) is 17.1. The zero-order valence-corrected chi connectivity index (χ0v) is 19.9. The summed E-state index contributed by atoms with van der Waals surface area (Å²) in [6, 6.07) is -0.277. The maximum absolute atomic E-state index is 12.7. The van der Waals surface area contributed by atoms with Gasteiger partial charge in [0.25, 0.3) is 0 Å². The summed E-state index contributed by atoms with van der Waals surface area (Å²) in [5.41, 5.74) is 1.83. The van der Waals surface area contributed by atoms with Gasteiger partial charge in [-0.15, -0.1) is 0 Å². The number of methoxy groups -OCH3 is 1. The second-order valence-electron chi connectivity index (χ2n) is 6.97. The van der Waals surface area contributed by atoms with Crippen LogP contribution in [-0.4, -0.2) is 67.3 Å². The molecular formula is C23H33ClN4O3. The Morgan fingerprint density at radius 2 is 2.00 bits per heavy atom. The first-order valence-corrected chi connectivity index (χ1v) is 10.6. The second-order valence-corrected chi connectivity index (χ2v) is 7.41. The number of carbonyl (C=O) groups is 2. The van der Waals surface area contributed by atoms with Gasteiger partial charge in [0.2, 0.25) is 5.91 Å². The molecule has 1 rings (SSSR count). The van der Waals surface area contributed by atoms with Crippen molar-refractivity contribution in [2.24, 2.45) is 4.99 Å². The van der Waals surface area contributed by atoms with E-state index in [1.165, 1.54) is 18.1 Å². The average molecular weight is 449 g/mol. The van der Waals surface area contributed by atoms with E-state index in [1.807, 2.05) is 50.8 Å². The van der Waals surface area contributed by atoms with Crippen molar-refractivity contribution in [2.75, 3.05) is 33.8 Å². The quantitative estimate of drug-likeness (QED) is 0.427. The molecule has 0 saturated carbocycles. The molecule has 0 bridgehead atoms. The van der Waals surface area contributed by atoms with Gasteiger partial charge in [-0.2, -0.15) is 0 Å². The lowest BCUT2D eigenvalue weighted by molar-refractivity contribution is -0.116. The number of halogens is 1. The fourth-order valence-electron chi connectivity index (χ4n) is 2.62. The Kier molecular flexibility index (Phi) is 11.4. The summed E-state index contributed by atoms with van der Waals surface area (Å²) in [5.74, 6) is 0.247. The maximum atomic E-state index is 12.7. The van der Waals surface area contributed by atoms with Gasteiger partial charge in [-0.1, -0.05) is 35.9 Å². The Balaban J connectivity index is 3.09. The van der Waals surface area contributed by atoms with Crippen LogP contribution < -0.4 is 5.32 Å². The summed E-state index contributed by atoms with van der Waals surface area (Å²) in [4.78, 5) is 32.6. The number of nitrogens with one attached hydrogen (secondary N) is 1. The van der Waals surface area contributed by atoms with Crippen LogP contribution in [0.3, 0.4) is 0 Å². The molecular weight excluding hydrogens is 416 g/mol. The summed E-state index contributed by atoms with van der Waals surface area (Å²) < 4.78 is 4.74. The Morgan fingerprint density at radius 1 is 1.29 bits per heavy atom. The first-order valence-electron chi connectivity index (χ1n) is 10.2. The molecule has 0 aromatic heterocycles. The molecule has 8 heteroatoms. The van der Waals surface area contributed by atoms with E-state index in [9.17, 15) is 9.59 Å². The molecule has 0 aromatic carbocycles. The summed E-state index contributed by atoms with van der Waals surface area (Å²) in [6.45, 7) is 9.32. The molecule has 0 aromatic rings. The molecule has 1 atom stereocenters. The molecule has 1 aliphatic carbocycles. The third kappa shape index (κ3) is 9.26. The predicted octanol–water partition coefficient (Wildman–Crippen LogP) is 4.01. The minimum atomic E-state index is -0.414. The minimum absolute atomic E-state index is 0.276. The minimum Gasteiger partial charge on any atom is -0.453 e. The summed E-state index contributed by atoms with van der Waals surface area (Å²) in [6.07, 6.45) is 12.0. The lowest BCUT2D eigenvalue weighted by atomic mass is 10.2. The molecule has 0 heterocycles. The van der Waals surface area contributed by atoms with Crippen LogP contribution in [0.5, 0.6) is 0 Å². The van der Waals surface area contributed by atoms with Crippen molar-refractivity contribution < 1.29 is 14.3 Å². The molecule has 0 fully saturated rings. The number of hydrogen-bond acceptors (Lipinski definition) is 5. The molecule has 1 aliphatic rings. The van der Waals surface area contributed by atoms with E-state index < -0.39 is 6.09 Å². The SMILES string of the molecule is C/C=C(C)/C(C)=N/C(=C\C(=O)NC1C=CC=C(Cl)C=C1)N(CC)CCN(C)C(=O)OC. The Morgan fingerprint density at radius 3 is 2.61 bits per heavy atom. The van der Waals surface area contributed by atoms with E-state index in [2.05, 4.69) is 5.32 Å². The maximum Gasteiger partial charge on any atom is 0.409 e. The molecule has 7 nitrogen and oxygen atoms in total. The van der Waals surface area contributed by atoms with E-state index in [-0.39, 0.29) is 11.9 Å². The van der Waals surface area contributed by atoms with Gasteiger partial charge in [0.1, 0.15) is 5.82 Å². The zero-order valence-electron chi connectivity index (χ0n) is 19.2. The van der Waals surface area contributed by atoms with Gasteiger partial charge in [0, 0.05) is 43.5 Å². The smallest absolute Gasteiger partial charge is 0.409 e. The van der Waals surface area contributed by atoms with Gasteiger partial charge < -0.3 is 19.9 Å². The molecule has 170 valence electrons. The van der Waals surface area contributed by atoms with Gasteiger partial charge in [-0.3, -0.25) is 4.79 Å². The highest BCUT2D eigenvalue weighted by Crippen LogP contribution is 2.12. The third-order valence-corrected chi connectivity index (χ3v) is 5.04. The fraction of sp³-hybridized carbons (Fsp3) is 0.435. The molecule has 1 unspecified atom stereocenters. The number of nitrogens with zero attached hydrogens (tertiary/aromatic N) is 3. The largest absolute Gasteiger partial charge is 0.453 e. The van der Waals surface area contributed by atoms with Gasteiger partial charge in [0.05, 0.1) is 13.2 Å². The Hall–Kier alpha value is -2.80. The predicted molar refractivity (Wildman–Crippen MR) is 127 cm³/mol. The highest BCUT2D eigenvalue weighted by Gasteiger charge is 2.15. The Bertz CT molecular complexity index is 825. The molecule has 0 spiro atoms. The van der Waals surface area contributed by atoms with Gasteiger partial charge in [0.15, 0.2) is 0 Å². The number of amides is 2. The van der Waals surface area contributed by atoms with E-state index >= 15 is 0 Å². The van der Waals surface area contributed by atoms with Gasteiger partial charge in [-0.05, 0) is 45.4 Å². The van der Waals surface area contributed by atoms with Crippen LogP contribution in [0, 0.1) is 0 Å². The van der Waals surface area contributed by atoms with E-state index in [4.69, 9.17) is 21.3 Å². The molecule has 31 heavy (non-hydrogen) atoms. The van der Waals surface area contributed by atoms with Crippen molar-refractivity contribution >= 4 is 29.3 Å². The second kappa shape index (κ2) is 13.5. The number of ether oxygens (including phenoxy) is 1. The molecule has 0 saturated heterocycles. The van der Waals surface area contributed by atoms with E-state index in [1.54, 1.807) is 25.3 Å². The third-order valence-electron chi connectivity index (χ3n) is 4.79. The first kappa shape index (κ1) is 26.2. The van der Waals surface area contributed by atoms with Crippen molar-refractivity contribution in [3.63, 3.8) is 0 Å². The number of rotatable bonds is 9. The van der Waals surface area contributed by atoms with E-state index in [0.717, 1.165) is 11.3 Å². The number of allylic oxidation sites excluding steroid dienone is 6. The van der Waals surface area contributed by atoms with Crippen LogP contribution >= 0.6 is 11.6 Å². The molecule has 1 N–H and O–H groups in total. The van der Waals surface area contributed by atoms with E-state index in [0.29, 0.717) is 30.5 Å². The van der Waals surface area contributed by atoms with Crippen molar-refractivity contribution in [3.8, 4) is 0 Å². The lowest BCUT2D eigenvalue weighted by Crippen LogP contribution is -2.37. The van der Waals surface area contributed by atoms with Crippen molar-refractivity contribution in [1.29, 1.82) is 0 Å². The molecule has 2 amide bonds. The highest BCUT2D eigenvalue weighted by atomic mass is 35.5. The van der Waals surface area contributed by atoms with Crippen LogP contribution in [0.4, 0.5) is 4.79 Å². The van der Waals surface area contributed by atoms with Crippen molar-refractivity contribution in [3.05, 3.63) is 59.0 Å². The van der Waals surface area contributed by atoms with Crippen molar-refractivity contribution in [1.82, 2.24) is 15.1 Å². The summed E-state index contributed by atoms with van der Waals surface area (Å²) in [7, 11) is 3.01. The number of carbonyl (C=O) groups excluding carboxylic acids is 2. The topological polar surface area (TPSA) is 74.2 Å². The first-order chi connectivity index (χ1) is 14.7. The van der Waals surface area contributed by atoms with Crippen molar-refractivity contribution in [2.45, 2.75) is 33.7 Å². The van der Waals surface area contributed by atoms with Gasteiger partial charge in [-0.25, -0.2) is 9.79 Å². The fourth-order valence-corrected chi connectivity index (χ4v) is 2.76. The van der Waals surface area contributed by atoms with Crippen LogP contribution in [-0.2, 0) is 9.53 Å². The average Bonchev–Trinajstić information content (AvgIpc) is 2.96. The zero-order chi connectivity index (χ0) is 23.4. The van der Waals surface area contributed by atoms with Crippen LogP contribution in [0.2, 0.25) is 0 Å². The summed E-state index contributed by atoms with van der Waals surface area (Å²) >= 11 is 5.99. The number of aliphatic imine (C=N–C) groups is 1. The highest BCUT2D eigenvalue weighted by molar-refractivity contribution is 6.31. The standard InChI is InChI=1S/C23H33ClN4O3/c1-7-17(3)18(4)25-21(28(8-2)15-14-27(5)23(30)31-6)16-22(29)26-20-11-9-10-19(24)12-13-20/h7,9-13,16,20H,8,14-15H2,1-6H3,(H,26,29)/b17-7+,21-16+,25-18+. The Labute approximate surface area is 190 Å². The summed E-state index contributed by atoms with van der Waals surface area (Å²) in [5, 5.41) is 3.52. The molecule has 0 aliphatic heterocycles. The van der Waals surface area contributed by atoms with Crippen LogP contribution in [0.1, 0.15) is 27.7 Å². The molecule has 0 radical (unpaired) electrons. The van der Waals surface area contributed by atoms with Crippen LogP contribution in [0.25, 0.3) is 0 Å². The lowest BCUT2D eigenvalue weighted by Gasteiger charge is -2.26. The number of likely N-dealkylation sites (N-methyl/N-ethyl adjacent to an activating group) is 2. The van der Waals surface area contributed by atoms with Gasteiger partial charge >= 0.3 is 6.09 Å².